The highest BCUT2D eigenvalue weighted by Crippen LogP contribution is 2.20. The van der Waals surface area contributed by atoms with Gasteiger partial charge in [-0.15, -0.1) is 0 Å². The highest BCUT2D eigenvalue weighted by Gasteiger charge is 2.27. The van der Waals surface area contributed by atoms with Gasteiger partial charge in [0.2, 0.25) is 0 Å². The number of aryl methyl sites for hydroxylation is 1. The lowest BCUT2D eigenvalue weighted by Crippen LogP contribution is -2.45. The topological polar surface area (TPSA) is 111 Å². The van der Waals surface area contributed by atoms with Crippen molar-refractivity contribution in [3.05, 3.63) is 30.0 Å². The molecule has 1 heterocycles. The number of amides is 1. The van der Waals surface area contributed by atoms with E-state index in [0.29, 0.717) is 24.8 Å². The molecule has 0 saturated carbocycles. The molecule has 0 fully saturated rings. The molecule has 1 atom stereocenters. The summed E-state index contributed by atoms with van der Waals surface area (Å²) in [6.07, 6.45) is 1.26. The Labute approximate surface area is 157 Å². The minimum absolute atomic E-state index is 0.0990. The average Bonchev–Trinajstić information content (AvgIpc) is 3.01. The molecule has 0 saturated heterocycles. The van der Waals surface area contributed by atoms with E-state index in [1.807, 2.05) is 32.0 Å². The van der Waals surface area contributed by atoms with Gasteiger partial charge in [-0.05, 0) is 24.8 Å². The minimum Gasteiger partial charge on any atom is -0.481 e. The molecule has 0 aliphatic heterocycles. The van der Waals surface area contributed by atoms with Gasteiger partial charge in [0, 0.05) is 18.4 Å². The number of rotatable bonds is 9. The molecule has 0 radical (unpaired) electrons. The molecule has 0 aliphatic carbocycles. The summed E-state index contributed by atoms with van der Waals surface area (Å²) in [5, 5.41) is 16.5. The van der Waals surface area contributed by atoms with E-state index in [9.17, 15) is 14.4 Å². The first kappa shape index (κ1) is 20.4. The smallest absolute Gasteiger partial charge is 0.328 e. The van der Waals surface area contributed by atoms with Gasteiger partial charge in [0.05, 0.1) is 12.6 Å². The number of hydrogen-bond acceptors (Lipinski definition) is 5. The molecule has 0 unspecified atom stereocenters. The number of ether oxygens (including phenoxy) is 1. The Morgan fingerprint density at radius 3 is 2.56 bits per heavy atom. The monoisotopic (exact) mass is 375 g/mol. The first-order valence-corrected chi connectivity index (χ1v) is 8.91. The van der Waals surface area contributed by atoms with Crippen LogP contribution in [0.5, 0.6) is 0 Å². The molecule has 1 aromatic heterocycles. The summed E-state index contributed by atoms with van der Waals surface area (Å²) >= 11 is 0. The van der Waals surface area contributed by atoms with Crippen LogP contribution in [-0.4, -0.2) is 45.9 Å². The number of benzene rings is 1. The Balaban J connectivity index is 2.23. The van der Waals surface area contributed by atoms with Gasteiger partial charge >= 0.3 is 11.9 Å². The van der Waals surface area contributed by atoms with Crippen molar-refractivity contribution in [3.63, 3.8) is 0 Å². The number of unbranched alkanes of at least 4 members (excludes halogenated alkanes) is 1. The average molecular weight is 375 g/mol. The van der Waals surface area contributed by atoms with E-state index in [1.165, 1.54) is 7.11 Å². The van der Waals surface area contributed by atoms with Gasteiger partial charge in [-0.1, -0.05) is 32.0 Å². The van der Waals surface area contributed by atoms with E-state index >= 15 is 0 Å². The molecule has 0 spiro atoms. The number of carbonyl (C=O) groups excluding carboxylic acids is 2. The molecule has 8 nitrogen and oxygen atoms in total. The van der Waals surface area contributed by atoms with E-state index in [2.05, 4.69) is 10.4 Å². The van der Waals surface area contributed by atoms with Crippen LogP contribution in [0, 0.1) is 5.92 Å². The van der Waals surface area contributed by atoms with Crippen molar-refractivity contribution in [2.24, 2.45) is 5.92 Å². The van der Waals surface area contributed by atoms with Gasteiger partial charge in [0.1, 0.15) is 6.04 Å². The SMILES string of the molecule is COC(=O)[C@@H](NC(=O)c1nn(CCCCC(=O)O)c2ccccc12)C(C)C. The number of nitrogens with zero attached hydrogens (tertiary/aromatic N) is 2. The number of hydrogen-bond donors (Lipinski definition) is 2. The molecule has 0 bridgehead atoms. The van der Waals surface area contributed by atoms with E-state index in [-0.39, 0.29) is 18.0 Å². The fourth-order valence-electron chi connectivity index (χ4n) is 2.84. The lowest BCUT2D eigenvalue weighted by molar-refractivity contribution is -0.144. The van der Waals surface area contributed by atoms with E-state index in [0.717, 1.165) is 5.52 Å². The Hall–Kier alpha value is -2.90. The number of esters is 1. The molecule has 146 valence electrons. The maximum Gasteiger partial charge on any atom is 0.328 e. The van der Waals surface area contributed by atoms with Crippen LogP contribution in [0.2, 0.25) is 0 Å². The summed E-state index contributed by atoms with van der Waals surface area (Å²) in [5.41, 5.74) is 1.02. The number of carboxylic acids is 1. The van der Waals surface area contributed by atoms with Crippen molar-refractivity contribution in [2.45, 2.75) is 45.7 Å². The van der Waals surface area contributed by atoms with Gasteiger partial charge in [0.25, 0.3) is 5.91 Å². The molecule has 27 heavy (non-hydrogen) atoms. The molecule has 2 aromatic rings. The molecule has 2 rings (SSSR count). The van der Waals surface area contributed by atoms with Crippen molar-refractivity contribution >= 4 is 28.7 Å². The lowest BCUT2D eigenvalue weighted by Gasteiger charge is -2.19. The molecule has 1 amide bonds. The normalized spacial score (nSPS) is 12.1. The number of carboxylic acid groups (broad SMARTS) is 1. The van der Waals surface area contributed by atoms with Crippen molar-refractivity contribution in [1.82, 2.24) is 15.1 Å². The van der Waals surface area contributed by atoms with Crippen LogP contribution in [0.4, 0.5) is 0 Å². The molecular weight excluding hydrogens is 350 g/mol. The Morgan fingerprint density at radius 2 is 1.93 bits per heavy atom. The second kappa shape index (κ2) is 9.16. The molecule has 0 aliphatic rings. The second-order valence-corrected chi connectivity index (χ2v) is 6.66. The van der Waals surface area contributed by atoms with E-state index < -0.39 is 23.9 Å². The number of aliphatic carboxylic acids is 1. The zero-order valence-corrected chi connectivity index (χ0v) is 15.8. The van der Waals surface area contributed by atoms with Gasteiger partial charge in [-0.3, -0.25) is 14.3 Å². The summed E-state index contributed by atoms with van der Waals surface area (Å²) < 4.78 is 6.46. The summed E-state index contributed by atoms with van der Waals surface area (Å²) in [5.74, 6) is -1.91. The molecule has 2 N–H and O–H groups in total. The molecule has 1 aromatic carbocycles. The summed E-state index contributed by atoms with van der Waals surface area (Å²) in [6, 6.07) is 6.56. The first-order valence-electron chi connectivity index (χ1n) is 8.91. The van der Waals surface area contributed by atoms with Gasteiger partial charge in [-0.25, -0.2) is 4.79 Å². The maximum atomic E-state index is 12.8. The number of aromatic nitrogens is 2. The third-order valence-corrected chi connectivity index (χ3v) is 4.29. The quantitative estimate of drug-likeness (QED) is 0.514. The first-order chi connectivity index (χ1) is 12.8. The van der Waals surface area contributed by atoms with Crippen LogP contribution in [0.15, 0.2) is 24.3 Å². The van der Waals surface area contributed by atoms with Crippen LogP contribution >= 0.6 is 0 Å². The van der Waals surface area contributed by atoms with Crippen LogP contribution < -0.4 is 5.32 Å². The fraction of sp³-hybridized carbons (Fsp3) is 0.474. The lowest BCUT2D eigenvalue weighted by atomic mass is 10.0. The third-order valence-electron chi connectivity index (χ3n) is 4.29. The Bertz CT molecular complexity index is 828. The number of para-hydroxylation sites is 1. The standard InChI is InChI=1S/C19H25N3O5/c1-12(2)16(19(26)27-3)20-18(25)17-13-8-4-5-9-14(13)22(21-17)11-7-6-10-15(23)24/h4-5,8-9,12,16H,6-7,10-11H2,1-3H3,(H,20,25)(H,23,24)/t16-/m0/s1. The fourth-order valence-corrected chi connectivity index (χ4v) is 2.84. The summed E-state index contributed by atoms with van der Waals surface area (Å²) in [4.78, 5) is 35.3. The van der Waals surface area contributed by atoms with E-state index in [1.54, 1.807) is 10.7 Å². The van der Waals surface area contributed by atoms with Crippen LogP contribution in [0.1, 0.15) is 43.6 Å². The van der Waals surface area contributed by atoms with Crippen LogP contribution in [0.25, 0.3) is 10.9 Å². The largest absolute Gasteiger partial charge is 0.481 e. The highest BCUT2D eigenvalue weighted by atomic mass is 16.5. The van der Waals surface area contributed by atoms with Crippen molar-refractivity contribution in [3.8, 4) is 0 Å². The van der Waals surface area contributed by atoms with Crippen molar-refractivity contribution in [2.75, 3.05) is 7.11 Å². The van der Waals surface area contributed by atoms with Gasteiger partial charge in [-0.2, -0.15) is 5.10 Å². The maximum absolute atomic E-state index is 12.8. The third kappa shape index (κ3) is 5.06. The number of methoxy groups -OCH3 is 1. The Kier molecular flexibility index (Phi) is 6.92. The highest BCUT2D eigenvalue weighted by molar-refractivity contribution is 6.06. The van der Waals surface area contributed by atoms with Crippen molar-refractivity contribution in [1.29, 1.82) is 0 Å². The zero-order chi connectivity index (χ0) is 20.0. The van der Waals surface area contributed by atoms with Crippen LogP contribution in [0.3, 0.4) is 0 Å². The summed E-state index contributed by atoms with van der Waals surface area (Å²) in [7, 11) is 1.28. The molecule has 8 heteroatoms. The Morgan fingerprint density at radius 1 is 1.22 bits per heavy atom. The van der Waals surface area contributed by atoms with E-state index in [4.69, 9.17) is 9.84 Å². The predicted molar refractivity (Wildman–Crippen MR) is 99.3 cm³/mol. The predicted octanol–water partition coefficient (Wildman–Crippen LogP) is 2.22. The van der Waals surface area contributed by atoms with Gasteiger partial charge < -0.3 is 15.2 Å². The number of carbonyl (C=O) groups is 3. The number of nitrogens with one attached hydrogen (secondary N) is 1. The zero-order valence-electron chi connectivity index (χ0n) is 15.8. The minimum atomic E-state index is -0.831. The molecular formula is C19H25N3O5. The second-order valence-electron chi connectivity index (χ2n) is 6.66. The number of fused-ring (bicyclic) bond motifs is 1. The van der Waals surface area contributed by atoms with Crippen LogP contribution in [-0.2, 0) is 20.9 Å². The van der Waals surface area contributed by atoms with Gasteiger partial charge in [0.15, 0.2) is 5.69 Å². The summed E-state index contributed by atoms with van der Waals surface area (Å²) in [6.45, 7) is 4.15. The van der Waals surface area contributed by atoms with Crippen molar-refractivity contribution < 1.29 is 24.2 Å².